The summed E-state index contributed by atoms with van der Waals surface area (Å²) in [5.41, 5.74) is 4.79. The molecule has 33 heavy (non-hydrogen) atoms. The summed E-state index contributed by atoms with van der Waals surface area (Å²) >= 11 is 0. The molecule has 3 aromatic rings. The van der Waals surface area contributed by atoms with Crippen molar-refractivity contribution in [1.82, 2.24) is 14.9 Å². The third kappa shape index (κ3) is 7.34. The van der Waals surface area contributed by atoms with E-state index in [9.17, 15) is 4.79 Å². The average Bonchev–Trinajstić information content (AvgIpc) is 3.16. The van der Waals surface area contributed by atoms with Gasteiger partial charge in [0.1, 0.15) is 11.6 Å². The minimum atomic E-state index is 0.167. The molecule has 0 saturated carbocycles. The van der Waals surface area contributed by atoms with Gasteiger partial charge in [0.15, 0.2) is 0 Å². The molecule has 3 rings (SSSR count). The van der Waals surface area contributed by atoms with Gasteiger partial charge in [0.2, 0.25) is 5.91 Å². The molecule has 1 heterocycles. The van der Waals surface area contributed by atoms with E-state index in [0.29, 0.717) is 6.42 Å². The van der Waals surface area contributed by atoms with E-state index in [2.05, 4.69) is 66.2 Å². The first-order chi connectivity index (χ1) is 16.1. The maximum Gasteiger partial charge on any atom is 0.219 e. The number of rotatable bonds is 14. The zero-order chi connectivity index (χ0) is 23.5. The second-order valence-corrected chi connectivity index (χ2v) is 8.83. The lowest BCUT2D eigenvalue weighted by atomic mass is 10.1. The zero-order valence-electron chi connectivity index (χ0n) is 20.5. The Balaban J connectivity index is 1.47. The van der Waals surface area contributed by atoms with Crippen LogP contribution in [-0.4, -0.2) is 28.6 Å². The lowest BCUT2D eigenvalue weighted by Gasteiger charge is -2.12. The molecule has 0 spiro atoms. The summed E-state index contributed by atoms with van der Waals surface area (Å²) in [4.78, 5) is 16.5. The lowest BCUT2D eigenvalue weighted by Crippen LogP contribution is -2.23. The van der Waals surface area contributed by atoms with Gasteiger partial charge in [-0.15, -0.1) is 0 Å². The maximum atomic E-state index is 11.6. The van der Waals surface area contributed by atoms with Crippen molar-refractivity contribution in [2.24, 2.45) is 0 Å². The molecular formula is C28H39N3O2. The molecular weight excluding hydrogens is 410 g/mol. The fraction of sp³-hybridized carbons (Fsp3) is 0.500. The highest BCUT2D eigenvalue weighted by molar-refractivity contribution is 5.76. The molecule has 0 radical (unpaired) electrons. The number of nitrogens with one attached hydrogen (secondary N) is 1. The van der Waals surface area contributed by atoms with E-state index in [1.807, 2.05) is 6.92 Å². The number of benzene rings is 2. The summed E-state index contributed by atoms with van der Waals surface area (Å²) < 4.78 is 8.42. The molecule has 0 saturated heterocycles. The van der Waals surface area contributed by atoms with Crippen LogP contribution in [0.25, 0.3) is 11.0 Å². The van der Waals surface area contributed by atoms with Crippen LogP contribution in [0, 0.1) is 13.8 Å². The van der Waals surface area contributed by atoms with Crippen LogP contribution in [0.4, 0.5) is 0 Å². The van der Waals surface area contributed by atoms with Crippen LogP contribution in [0.15, 0.2) is 42.5 Å². The largest absolute Gasteiger partial charge is 0.493 e. The summed E-state index contributed by atoms with van der Waals surface area (Å²) in [6, 6.07) is 14.6. The fourth-order valence-electron chi connectivity index (χ4n) is 4.13. The number of unbranched alkanes of at least 4 members (excludes halogenated alkanes) is 3. The molecule has 0 bridgehead atoms. The highest BCUT2D eigenvalue weighted by Gasteiger charge is 2.10. The maximum absolute atomic E-state index is 11.6. The number of imidazole rings is 1. The van der Waals surface area contributed by atoms with Crippen molar-refractivity contribution in [3.05, 3.63) is 59.4 Å². The zero-order valence-corrected chi connectivity index (χ0v) is 20.5. The third-order valence-corrected chi connectivity index (χ3v) is 6.20. The lowest BCUT2D eigenvalue weighted by molar-refractivity contribution is -0.121. The van der Waals surface area contributed by atoms with Gasteiger partial charge in [-0.2, -0.15) is 0 Å². The van der Waals surface area contributed by atoms with Crippen LogP contribution in [0.2, 0.25) is 0 Å². The van der Waals surface area contributed by atoms with Crippen LogP contribution >= 0.6 is 0 Å². The topological polar surface area (TPSA) is 56.2 Å². The molecule has 1 N–H and O–H groups in total. The number of nitrogens with zero attached hydrogens (tertiary/aromatic N) is 2. The number of ether oxygens (including phenoxy) is 1. The average molecular weight is 450 g/mol. The number of para-hydroxylation sites is 2. The summed E-state index contributed by atoms with van der Waals surface area (Å²) in [7, 11) is 0. The van der Waals surface area contributed by atoms with Gasteiger partial charge in [0, 0.05) is 25.9 Å². The Bertz CT molecular complexity index is 1030. The molecule has 0 aliphatic heterocycles. The van der Waals surface area contributed by atoms with Crippen LogP contribution in [0.1, 0.15) is 68.8 Å². The first-order valence-electron chi connectivity index (χ1n) is 12.5. The van der Waals surface area contributed by atoms with Gasteiger partial charge in [-0.1, -0.05) is 37.6 Å². The number of carbonyl (C=O) groups excluding carboxylic acids is 1. The minimum Gasteiger partial charge on any atom is -0.493 e. The molecule has 1 aromatic heterocycles. The first kappa shape index (κ1) is 24.8. The first-order valence-corrected chi connectivity index (χ1v) is 12.5. The molecule has 5 heteroatoms. The van der Waals surface area contributed by atoms with Crippen molar-refractivity contribution >= 4 is 16.9 Å². The Hall–Kier alpha value is -2.82. The van der Waals surface area contributed by atoms with Crippen LogP contribution in [-0.2, 0) is 17.8 Å². The Labute approximate surface area is 198 Å². The van der Waals surface area contributed by atoms with Gasteiger partial charge < -0.3 is 14.6 Å². The van der Waals surface area contributed by atoms with E-state index in [-0.39, 0.29) is 5.91 Å². The Kier molecular flexibility index (Phi) is 9.79. The van der Waals surface area contributed by atoms with E-state index < -0.39 is 0 Å². The van der Waals surface area contributed by atoms with Gasteiger partial charge in [0.05, 0.1) is 17.6 Å². The predicted octanol–water partition coefficient (Wildman–Crippen LogP) is 6.14. The summed E-state index contributed by atoms with van der Waals surface area (Å²) in [5.74, 6) is 2.33. The van der Waals surface area contributed by atoms with Crippen molar-refractivity contribution in [3.8, 4) is 5.75 Å². The van der Waals surface area contributed by atoms with Crippen molar-refractivity contribution in [2.75, 3.05) is 13.2 Å². The van der Waals surface area contributed by atoms with Crippen LogP contribution in [0.5, 0.6) is 5.75 Å². The number of aromatic nitrogens is 2. The molecule has 178 valence electrons. The van der Waals surface area contributed by atoms with Crippen LogP contribution in [0.3, 0.4) is 0 Å². The number of amides is 1. The van der Waals surface area contributed by atoms with Crippen LogP contribution < -0.4 is 10.1 Å². The van der Waals surface area contributed by atoms with E-state index in [1.54, 1.807) is 0 Å². The van der Waals surface area contributed by atoms with E-state index in [1.165, 1.54) is 22.5 Å². The number of carbonyl (C=O) groups is 1. The van der Waals surface area contributed by atoms with E-state index in [4.69, 9.17) is 9.72 Å². The van der Waals surface area contributed by atoms with E-state index >= 15 is 0 Å². The number of hydrogen-bond donors (Lipinski definition) is 1. The second kappa shape index (κ2) is 13.0. The number of hydrogen-bond acceptors (Lipinski definition) is 3. The van der Waals surface area contributed by atoms with Crippen molar-refractivity contribution in [3.63, 3.8) is 0 Å². The van der Waals surface area contributed by atoms with Gasteiger partial charge in [-0.3, -0.25) is 4.79 Å². The number of fused-ring (bicyclic) bond motifs is 1. The second-order valence-electron chi connectivity index (χ2n) is 8.83. The van der Waals surface area contributed by atoms with Gasteiger partial charge in [0.25, 0.3) is 0 Å². The SMILES string of the molecule is CCCC(=O)NCCCCCc1nc2ccccc2n1CCCCOc1cccc(C)c1C. The summed E-state index contributed by atoms with van der Waals surface area (Å²) in [6.45, 7) is 8.73. The third-order valence-electron chi connectivity index (χ3n) is 6.20. The molecule has 0 atom stereocenters. The molecule has 0 fully saturated rings. The summed E-state index contributed by atoms with van der Waals surface area (Å²) in [6.07, 6.45) is 7.77. The van der Waals surface area contributed by atoms with Gasteiger partial charge in [-0.05, 0) is 75.3 Å². The molecule has 2 aromatic carbocycles. The standard InChI is InChI=1S/C28H39N3O2/c1-4-13-28(32)29-19-9-5-6-18-27-30-24-15-7-8-16-25(24)31(27)20-10-11-21-33-26-17-12-14-22(2)23(26)3/h7-8,12,14-17H,4-6,9-11,13,18-21H2,1-3H3,(H,29,32). The molecule has 0 unspecified atom stereocenters. The van der Waals surface area contributed by atoms with Crippen molar-refractivity contribution < 1.29 is 9.53 Å². The van der Waals surface area contributed by atoms with Gasteiger partial charge in [-0.25, -0.2) is 4.98 Å². The Morgan fingerprint density at radius 3 is 2.70 bits per heavy atom. The highest BCUT2D eigenvalue weighted by atomic mass is 16.5. The van der Waals surface area contributed by atoms with Crippen molar-refractivity contribution in [2.45, 2.75) is 78.7 Å². The Morgan fingerprint density at radius 2 is 1.85 bits per heavy atom. The Morgan fingerprint density at radius 1 is 1.00 bits per heavy atom. The normalized spacial score (nSPS) is 11.1. The predicted molar refractivity (Wildman–Crippen MR) is 136 cm³/mol. The monoisotopic (exact) mass is 449 g/mol. The molecule has 0 aliphatic rings. The van der Waals surface area contributed by atoms with Crippen molar-refractivity contribution in [1.29, 1.82) is 0 Å². The fourth-order valence-corrected chi connectivity index (χ4v) is 4.13. The highest BCUT2D eigenvalue weighted by Crippen LogP contribution is 2.21. The molecule has 5 nitrogen and oxygen atoms in total. The quantitative estimate of drug-likeness (QED) is 0.301. The summed E-state index contributed by atoms with van der Waals surface area (Å²) in [5, 5.41) is 3.00. The molecule has 1 amide bonds. The molecule has 0 aliphatic carbocycles. The smallest absolute Gasteiger partial charge is 0.219 e. The van der Waals surface area contributed by atoms with E-state index in [0.717, 1.165) is 75.9 Å². The van der Waals surface area contributed by atoms with Gasteiger partial charge >= 0.3 is 0 Å². The number of aryl methyl sites for hydroxylation is 3. The minimum absolute atomic E-state index is 0.167.